The molecule has 0 radical (unpaired) electrons. The van der Waals surface area contributed by atoms with Crippen LogP contribution in [0.25, 0.3) is 16.5 Å². The largest absolute Gasteiger partial charge is 0.400 e. The van der Waals surface area contributed by atoms with E-state index >= 15 is 0 Å². The molecule has 1 aromatic heterocycles. The van der Waals surface area contributed by atoms with Gasteiger partial charge in [-0.25, -0.2) is 0 Å². The van der Waals surface area contributed by atoms with Gasteiger partial charge in [-0.1, -0.05) is 71.8 Å². The number of benzene rings is 2. The fourth-order valence-electron chi connectivity index (χ4n) is 3.08. The minimum Gasteiger partial charge on any atom is -0.400 e. The third-order valence-corrected chi connectivity index (χ3v) is 6.76. The molecular weight excluding hydrogens is 511 g/mol. The van der Waals surface area contributed by atoms with Crippen molar-refractivity contribution in [3.8, 4) is 10.4 Å². The molecule has 0 bridgehead atoms. The van der Waals surface area contributed by atoms with Crippen molar-refractivity contribution in [2.45, 2.75) is 12.5 Å². The first-order valence-corrected chi connectivity index (χ1v) is 12.2. The average Bonchev–Trinajstić information content (AvgIpc) is 3.33. The number of thiophene rings is 1. The zero-order chi connectivity index (χ0) is 25.1. The highest BCUT2D eigenvalue weighted by molar-refractivity contribution is 7.78. The monoisotopic (exact) mass is 534 g/mol. The summed E-state index contributed by atoms with van der Waals surface area (Å²) < 4.78 is 0. The molecule has 1 atom stereocenters. The molecule has 34 heavy (non-hydrogen) atoms. The van der Waals surface area contributed by atoms with Gasteiger partial charge in [0.2, 0.25) is 0 Å². The summed E-state index contributed by atoms with van der Waals surface area (Å²) >= 11 is 18.5. The maximum Gasteiger partial charge on any atom is 0.270 e. The number of aliphatic hydroxyl groups excluding tert-OH is 1. The van der Waals surface area contributed by atoms with E-state index in [1.807, 2.05) is 48.5 Å². The molecule has 0 spiro atoms. The number of amides is 1. The molecule has 1 amide bonds. The van der Waals surface area contributed by atoms with E-state index in [0.29, 0.717) is 16.5 Å². The Morgan fingerprint density at radius 1 is 1.12 bits per heavy atom. The number of hydrogen-bond acceptors (Lipinski definition) is 5. The second-order valence-electron chi connectivity index (χ2n) is 6.96. The van der Waals surface area contributed by atoms with Crippen molar-refractivity contribution in [1.82, 2.24) is 10.2 Å². The number of aliphatic hydroxyl groups is 1. The predicted octanol–water partition coefficient (Wildman–Crippen LogP) is 5.49. The van der Waals surface area contributed by atoms with E-state index in [4.69, 9.17) is 40.5 Å². The molecule has 2 aromatic carbocycles. The second kappa shape index (κ2) is 14.0. The van der Waals surface area contributed by atoms with Gasteiger partial charge in [0.1, 0.15) is 12.0 Å². The molecule has 0 saturated heterocycles. The number of halogens is 2. The first-order chi connectivity index (χ1) is 16.4. The lowest BCUT2D eigenvalue weighted by Crippen LogP contribution is -2.42. The van der Waals surface area contributed by atoms with E-state index in [0.717, 1.165) is 34.3 Å². The minimum atomic E-state index is -0.602. The number of likely N-dealkylation sites (N-methyl/N-ethyl adjacent to an activating group) is 1. The number of carbonyl (C=O) groups is 2. The van der Waals surface area contributed by atoms with Gasteiger partial charge in [0, 0.05) is 23.9 Å². The van der Waals surface area contributed by atoms with Crippen LogP contribution in [0.15, 0.2) is 66.4 Å². The summed E-state index contributed by atoms with van der Waals surface area (Å²) in [7, 11) is 2.61. The Balaban J connectivity index is 0.00000199. The number of hydrogen-bond donors (Lipinski definition) is 2. The second-order valence-corrected chi connectivity index (χ2v) is 9.13. The summed E-state index contributed by atoms with van der Waals surface area (Å²) in [6, 6.07) is 18.3. The molecule has 178 valence electrons. The van der Waals surface area contributed by atoms with Gasteiger partial charge in [-0.15, -0.1) is 11.3 Å². The number of rotatable bonds is 9. The first-order valence-electron chi connectivity index (χ1n) is 10.1. The minimum absolute atomic E-state index is 0.282. The van der Waals surface area contributed by atoms with E-state index in [9.17, 15) is 9.59 Å². The third-order valence-electron chi connectivity index (χ3n) is 4.82. The van der Waals surface area contributed by atoms with Crippen LogP contribution in [-0.4, -0.2) is 47.9 Å². The van der Waals surface area contributed by atoms with Crippen LogP contribution in [-0.2, 0) is 16.0 Å². The van der Waals surface area contributed by atoms with Gasteiger partial charge >= 0.3 is 0 Å². The highest BCUT2D eigenvalue weighted by atomic mass is 35.5. The van der Waals surface area contributed by atoms with E-state index in [1.165, 1.54) is 21.7 Å². The Morgan fingerprint density at radius 2 is 1.82 bits per heavy atom. The Labute approximate surface area is 218 Å². The van der Waals surface area contributed by atoms with E-state index in [1.54, 1.807) is 25.3 Å². The van der Waals surface area contributed by atoms with Crippen molar-refractivity contribution in [3.63, 3.8) is 0 Å². The van der Waals surface area contributed by atoms with Gasteiger partial charge in [0.05, 0.1) is 21.6 Å². The van der Waals surface area contributed by atoms with Crippen LogP contribution in [0.3, 0.4) is 0 Å². The zero-order valence-electron chi connectivity index (χ0n) is 18.6. The molecule has 0 fully saturated rings. The number of thiocarbonyl (C=S) groups is 1. The summed E-state index contributed by atoms with van der Waals surface area (Å²) in [5.41, 5.74) is 3.46. The van der Waals surface area contributed by atoms with Gasteiger partial charge in [0.25, 0.3) is 5.91 Å². The standard InChI is InChI=1S/C24H20Cl2N2O2S2.CH4O/c1-28(18(14-29)11-16-5-3-2-4-6-16)24(30)22(27-15-31)13-19-8-10-23(32-19)17-7-9-20(25)21(26)12-17;1-2/h2-10,12-15,18H,11H2,1H3,(H,27,31);2H,1H3/b22-13+;. The Hall–Kier alpha value is -2.55. The molecule has 1 heterocycles. The summed E-state index contributed by atoms with van der Waals surface area (Å²) in [6.45, 7) is 0. The van der Waals surface area contributed by atoms with Crippen LogP contribution >= 0.6 is 46.8 Å². The van der Waals surface area contributed by atoms with Crippen LogP contribution in [0.1, 0.15) is 10.4 Å². The lowest BCUT2D eigenvalue weighted by Gasteiger charge is -2.25. The SMILES string of the molecule is CN(C(=O)/C(=C\c1ccc(-c2ccc(Cl)c(Cl)c2)s1)NC=S)C(C=O)Cc1ccccc1.CO. The molecule has 9 heteroatoms. The fraction of sp³-hybridized carbons (Fsp3) is 0.160. The van der Waals surface area contributed by atoms with Crippen molar-refractivity contribution < 1.29 is 14.7 Å². The van der Waals surface area contributed by atoms with Crippen LogP contribution in [0, 0.1) is 0 Å². The summed E-state index contributed by atoms with van der Waals surface area (Å²) in [6.07, 6.45) is 2.93. The van der Waals surface area contributed by atoms with Crippen molar-refractivity contribution in [3.05, 3.63) is 86.8 Å². The average molecular weight is 536 g/mol. The maximum atomic E-state index is 13.1. The fourth-order valence-corrected chi connectivity index (χ4v) is 4.45. The smallest absolute Gasteiger partial charge is 0.270 e. The molecule has 2 N–H and O–H groups in total. The molecular formula is C25H24Cl2N2O3S2. The van der Waals surface area contributed by atoms with E-state index in [2.05, 4.69) is 5.32 Å². The van der Waals surface area contributed by atoms with Gasteiger partial charge in [-0.2, -0.15) is 0 Å². The summed E-state index contributed by atoms with van der Waals surface area (Å²) in [4.78, 5) is 28.1. The maximum absolute atomic E-state index is 13.1. The van der Waals surface area contributed by atoms with Gasteiger partial charge in [0.15, 0.2) is 0 Å². The van der Waals surface area contributed by atoms with Crippen molar-refractivity contribution in [1.29, 1.82) is 0 Å². The van der Waals surface area contributed by atoms with Crippen molar-refractivity contribution in [2.24, 2.45) is 0 Å². The molecule has 3 aromatic rings. The number of aldehydes is 1. The predicted molar refractivity (Wildman–Crippen MR) is 145 cm³/mol. The highest BCUT2D eigenvalue weighted by Gasteiger charge is 2.23. The Kier molecular flexibility index (Phi) is 11.4. The number of carbonyl (C=O) groups excluding carboxylic acids is 2. The summed E-state index contributed by atoms with van der Waals surface area (Å²) in [5.74, 6) is -0.330. The third kappa shape index (κ3) is 7.48. The quantitative estimate of drug-likeness (QED) is 0.216. The number of nitrogens with one attached hydrogen (secondary N) is 1. The van der Waals surface area contributed by atoms with Crippen molar-refractivity contribution >= 4 is 70.5 Å². The molecule has 0 aliphatic heterocycles. The van der Waals surface area contributed by atoms with Crippen LogP contribution < -0.4 is 5.32 Å². The molecule has 1 unspecified atom stereocenters. The Bertz CT molecular complexity index is 1150. The van der Waals surface area contributed by atoms with Gasteiger partial charge < -0.3 is 20.1 Å². The molecule has 0 aliphatic rings. The van der Waals surface area contributed by atoms with E-state index in [-0.39, 0.29) is 11.6 Å². The van der Waals surface area contributed by atoms with E-state index < -0.39 is 6.04 Å². The van der Waals surface area contributed by atoms with Crippen molar-refractivity contribution in [2.75, 3.05) is 14.2 Å². The van der Waals surface area contributed by atoms with Crippen LogP contribution in [0.4, 0.5) is 0 Å². The topological polar surface area (TPSA) is 69.6 Å². The first kappa shape index (κ1) is 27.7. The molecule has 0 aliphatic carbocycles. The van der Waals surface area contributed by atoms with Gasteiger partial charge in [-0.3, -0.25) is 4.79 Å². The van der Waals surface area contributed by atoms with Crippen LogP contribution in [0.2, 0.25) is 10.0 Å². The lowest BCUT2D eigenvalue weighted by atomic mass is 10.1. The highest BCUT2D eigenvalue weighted by Crippen LogP contribution is 2.33. The van der Waals surface area contributed by atoms with Crippen LogP contribution in [0.5, 0.6) is 0 Å². The number of nitrogens with zero attached hydrogens (tertiary/aromatic N) is 1. The zero-order valence-corrected chi connectivity index (χ0v) is 21.7. The molecule has 5 nitrogen and oxygen atoms in total. The summed E-state index contributed by atoms with van der Waals surface area (Å²) in [5, 5.41) is 10.8. The molecule has 0 saturated carbocycles. The van der Waals surface area contributed by atoms with Gasteiger partial charge in [-0.05, 0) is 47.9 Å². The molecule has 3 rings (SSSR count). The normalized spacial score (nSPS) is 11.6. The Morgan fingerprint density at radius 3 is 2.44 bits per heavy atom. The lowest BCUT2D eigenvalue weighted by molar-refractivity contribution is -0.131.